The minimum absolute atomic E-state index is 0.243. The van der Waals surface area contributed by atoms with Crippen molar-refractivity contribution in [3.63, 3.8) is 0 Å². The van der Waals surface area contributed by atoms with Gasteiger partial charge in [0, 0.05) is 33.1 Å². The second-order valence-corrected chi connectivity index (χ2v) is 6.86. The predicted octanol–water partition coefficient (Wildman–Crippen LogP) is 1.55. The second kappa shape index (κ2) is 7.25. The highest BCUT2D eigenvalue weighted by atomic mass is 16.2. The van der Waals surface area contributed by atoms with Crippen LogP contribution in [0.2, 0.25) is 0 Å². The first-order valence-electron chi connectivity index (χ1n) is 7.51. The maximum Gasteiger partial charge on any atom is 0.223 e. The topological polar surface area (TPSA) is 49.6 Å². The van der Waals surface area contributed by atoms with E-state index in [1.165, 1.54) is 6.42 Å². The SMILES string of the molecule is CN(CCCN)C(=O)CCN1CCC(C(C)(C)C)C1. The summed E-state index contributed by atoms with van der Waals surface area (Å²) in [5.74, 6) is 1.00. The average molecular weight is 269 g/mol. The van der Waals surface area contributed by atoms with Crippen molar-refractivity contribution in [2.45, 2.75) is 40.0 Å². The van der Waals surface area contributed by atoms with Crippen LogP contribution in [0.4, 0.5) is 0 Å². The second-order valence-electron chi connectivity index (χ2n) is 6.86. The van der Waals surface area contributed by atoms with Gasteiger partial charge in [-0.15, -0.1) is 0 Å². The number of nitrogens with zero attached hydrogens (tertiary/aromatic N) is 2. The lowest BCUT2D eigenvalue weighted by molar-refractivity contribution is -0.130. The summed E-state index contributed by atoms with van der Waals surface area (Å²) in [7, 11) is 1.87. The molecule has 1 atom stereocenters. The molecule has 4 heteroatoms. The lowest BCUT2D eigenvalue weighted by atomic mass is 9.80. The number of hydrogen-bond acceptors (Lipinski definition) is 3. The van der Waals surface area contributed by atoms with Gasteiger partial charge in [0.05, 0.1) is 0 Å². The molecule has 1 unspecified atom stereocenters. The van der Waals surface area contributed by atoms with Gasteiger partial charge in [0.2, 0.25) is 5.91 Å². The molecular weight excluding hydrogens is 238 g/mol. The molecule has 2 N–H and O–H groups in total. The zero-order chi connectivity index (χ0) is 14.5. The summed E-state index contributed by atoms with van der Waals surface area (Å²) in [6.07, 6.45) is 2.79. The fraction of sp³-hybridized carbons (Fsp3) is 0.933. The lowest BCUT2D eigenvalue weighted by Gasteiger charge is -2.27. The first-order chi connectivity index (χ1) is 8.84. The van der Waals surface area contributed by atoms with Crippen molar-refractivity contribution in [3.05, 3.63) is 0 Å². The van der Waals surface area contributed by atoms with Crippen LogP contribution in [-0.2, 0) is 4.79 Å². The Hall–Kier alpha value is -0.610. The van der Waals surface area contributed by atoms with Gasteiger partial charge in [0.25, 0.3) is 0 Å². The van der Waals surface area contributed by atoms with E-state index in [0.29, 0.717) is 18.4 Å². The molecule has 0 saturated carbocycles. The van der Waals surface area contributed by atoms with Crippen molar-refractivity contribution >= 4 is 5.91 Å². The first-order valence-corrected chi connectivity index (χ1v) is 7.51. The number of hydrogen-bond donors (Lipinski definition) is 1. The molecule has 0 aromatic heterocycles. The molecule has 1 rings (SSSR count). The van der Waals surface area contributed by atoms with Crippen LogP contribution in [0.1, 0.15) is 40.0 Å². The van der Waals surface area contributed by atoms with Gasteiger partial charge in [-0.2, -0.15) is 0 Å². The molecule has 1 aliphatic heterocycles. The largest absolute Gasteiger partial charge is 0.346 e. The van der Waals surface area contributed by atoms with Crippen molar-refractivity contribution in [3.8, 4) is 0 Å². The normalized spacial score (nSPS) is 20.8. The van der Waals surface area contributed by atoms with Crippen LogP contribution in [0.25, 0.3) is 0 Å². The van der Waals surface area contributed by atoms with Gasteiger partial charge in [-0.05, 0) is 37.3 Å². The van der Waals surface area contributed by atoms with Gasteiger partial charge in [-0.1, -0.05) is 20.8 Å². The van der Waals surface area contributed by atoms with Crippen LogP contribution in [-0.4, -0.2) is 55.5 Å². The number of nitrogens with two attached hydrogens (primary N) is 1. The van der Waals surface area contributed by atoms with Crippen LogP contribution in [0.15, 0.2) is 0 Å². The molecule has 0 aromatic rings. The van der Waals surface area contributed by atoms with Crippen molar-refractivity contribution in [2.75, 3.05) is 39.8 Å². The van der Waals surface area contributed by atoms with Crippen molar-refractivity contribution < 1.29 is 4.79 Å². The molecule has 112 valence electrons. The average Bonchev–Trinajstić information content (AvgIpc) is 2.81. The summed E-state index contributed by atoms with van der Waals surface area (Å²) in [5, 5.41) is 0. The van der Waals surface area contributed by atoms with Crippen LogP contribution < -0.4 is 5.73 Å². The monoisotopic (exact) mass is 269 g/mol. The third-order valence-corrected chi connectivity index (χ3v) is 4.26. The molecule has 0 aliphatic carbocycles. The smallest absolute Gasteiger partial charge is 0.223 e. The van der Waals surface area contributed by atoms with Gasteiger partial charge in [-0.3, -0.25) is 4.79 Å². The number of carbonyl (C=O) groups excluding carboxylic acids is 1. The minimum Gasteiger partial charge on any atom is -0.346 e. The Morgan fingerprint density at radius 2 is 2.11 bits per heavy atom. The van der Waals surface area contributed by atoms with E-state index in [-0.39, 0.29) is 5.91 Å². The standard InChI is InChI=1S/C15H31N3O/c1-15(2,3)13-6-10-18(12-13)11-7-14(19)17(4)9-5-8-16/h13H,5-12,16H2,1-4H3. The fourth-order valence-electron chi connectivity index (χ4n) is 2.64. The molecule has 0 spiro atoms. The third-order valence-electron chi connectivity index (χ3n) is 4.26. The van der Waals surface area contributed by atoms with Gasteiger partial charge < -0.3 is 15.5 Å². The summed E-state index contributed by atoms with van der Waals surface area (Å²) >= 11 is 0. The van der Waals surface area contributed by atoms with Crippen molar-refractivity contribution in [2.24, 2.45) is 17.1 Å². The molecule has 0 radical (unpaired) electrons. The molecule has 19 heavy (non-hydrogen) atoms. The Balaban J connectivity index is 2.25. The minimum atomic E-state index is 0.243. The van der Waals surface area contributed by atoms with Gasteiger partial charge in [-0.25, -0.2) is 0 Å². The highest BCUT2D eigenvalue weighted by Crippen LogP contribution is 2.33. The molecule has 4 nitrogen and oxygen atoms in total. The van der Waals surface area contributed by atoms with Crippen LogP contribution >= 0.6 is 0 Å². The Bertz CT molecular complexity index is 286. The van der Waals surface area contributed by atoms with Crippen molar-refractivity contribution in [1.29, 1.82) is 0 Å². The Morgan fingerprint density at radius 3 is 2.63 bits per heavy atom. The number of amides is 1. The van der Waals surface area contributed by atoms with Gasteiger partial charge >= 0.3 is 0 Å². The quantitative estimate of drug-likeness (QED) is 0.796. The summed E-state index contributed by atoms with van der Waals surface area (Å²) in [5.41, 5.74) is 5.85. The molecular formula is C15H31N3O. The summed E-state index contributed by atoms with van der Waals surface area (Å²) < 4.78 is 0. The Morgan fingerprint density at radius 1 is 1.42 bits per heavy atom. The van der Waals surface area contributed by atoms with E-state index in [1.807, 2.05) is 11.9 Å². The Kier molecular flexibility index (Phi) is 6.27. The summed E-state index contributed by atoms with van der Waals surface area (Å²) in [6.45, 7) is 11.5. The summed E-state index contributed by atoms with van der Waals surface area (Å²) in [4.78, 5) is 16.2. The number of carbonyl (C=O) groups is 1. The van der Waals surface area contributed by atoms with E-state index in [0.717, 1.165) is 38.5 Å². The molecule has 1 saturated heterocycles. The molecule has 1 aliphatic rings. The summed E-state index contributed by atoms with van der Waals surface area (Å²) in [6, 6.07) is 0. The molecule has 1 heterocycles. The van der Waals surface area contributed by atoms with Crippen LogP contribution in [0.3, 0.4) is 0 Å². The molecule has 1 amide bonds. The van der Waals surface area contributed by atoms with Crippen LogP contribution in [0, 0.1) is 11.3 Å². The van der Waals surface area contributed by atoms with E-state index >= 15 is 0 Å². The predicted molar refractivity (Wildman–Crippen MR) is 79.9 cm³/mol. The van der Waals surface area contributed by atoms with E-state index in [2.05, 4.69) is 25.7 Å². The van der Waals surface area contributed by atoms with E-state index in [9.17, 15) is 4.79 Å². The van der Waals surface area contributed by atoms with Gasteiger partial charge in [0.1, 0.15) is 0 Å². The highest BCUT2D eigenvalue weighted by molar-refractivity contribution is 5.76. The highest BCUT2D eigenvalue weighted by Gasteiger charge is 2.31. The van der Waals surface area contributed by atoms with E-state index in [4.69, 9.17) is 5.73 Å². The lowest BCUT2D eigenvalue weighted by Crippen LogP contribution is -2.33. The molecule has 1 fully saturated rings. The van der Waals surface area contributed by atoms with E-state index < -0.39 is 0 Å². The number of likely N-dealkylation sites (tertiary alicyclic amines) is 1. The maximum absolute atomic E-state index is 11.9. The van der Waals surface area contributed by atoms with Crippen molar-refractivity contribution in [1.82, 2.24) is 9.80 Å². The molecule has 0 aromatic carbocycles. The zero-order valence-electron chi connectivity index (χ0n) is 13.1. The first kappa shape index (κ1) is 16.4. The number of rotatable bonds is 6. The van der Waals surface area contributed by atoms with E-state index in [1.54, 1.807) is 0 Å². The zero-order valence-corrected chi connectivity index (χ0v) is 13.1. The molecule has 0 bridgehead atoms. The van der Waals surface area contributed by atoms with Crippen LogP contribution in [0.5, 0.6) is 0 Å². The van der Waals surface area contributed by atoms with Gasteiger partial charge in [0.15, 0.2) is 0 Å². The third kappa shape index (κ3) is 5.49. The fourth-order valence-corrected chi connectivity index (χ4v) is 2.64. The Labute approximate surface area is 118 Å². The maximum atomic E-state index is 11.9.